The van der Waals surface area contributed by atoms with E-state index in [1.54, 1.807) is 18.2 Å². The lowest BCUT2D eigenvalue weighted by molar-refractivity contribution is 0.371. The molecule has 15 heavy (non-hydrogen) atoms. The minimum atomic E-state index is -4.04. The van der Waals surface area contributed by atoms with Crippen molar-refractivity contribution >= 4 is 40.8 Å². The van der Waals surface area contributed by atoms with Gasteiger partial charge in [-0.25, -0.2) is 4.98 Å². The van der Waals surface area contributed by atoms with E-state index in [0.717, 1.165) is 4.70 Å². The molecule has 0 amide bonds. The van der Waals surface area contributed by atoms with Gasteiger partial charge in [0.05, 0.1) is 10.2 Å². The van der Waals surface area contributed by atoms with Crippen LogP contribution < -0.4 is 0 Å². The van der Waals surface area contributed by atoms with Crippen LogP contribution in [0.1, 0.15) is 5.01 Å². The molecule has 0 saturated carbocycles. The van der Waals surface area contributed by atoms with Crippen molar-refractivity contribution in [1.82, 2.24) is 4.98 Å². The van der Waals surface area contributed by atoms with E-state index >= 15 is 0 Å². The summed E-state index contributed by atoms with van der Waals surface area (Å²) in [7, 11) is -4.04. The van der Waals surface area contributed by atoms with Crippen molar-refractivity contribution in [3.63, 3.8) is 0 Å². The summed E-state index contributed by atoms with van der Waals surface area (Å²) in [4.78, 5) is 21.7. The van der Waals surface area contributed by atoms with Gasteiger partial charge in [-0.15, -0.1) is 11.3 Å². The van der Waals surface area contributed by atoms with Gasteiger partial charge in [0.2, 0.25) is 0 Å². The standard InChI is InChI=1S/C8H7ClNO3PS/c9-5-1-2-6-7(3-5)15-8(10-6)4-14(11,12)13/h1-3H,4H2,(H2,11,12,13). The van der Waals surface area contributed by atoms with Crippen LogP contribution in [0.5, 0.6) is 0 Å². The largest absolute Gasteiger partial charge is 0.332 e. The number of hydrogen-bond donors (Lipinski definition) is 2. The van der Waals surface area contributed by atoms with Crippen molar-refractivity contribution in [2.24, 2.45) is 0 Å². The normalized spacial score (nSPS) is 12.2. The second-order valence-corrected chi connectivity index (χ2v) is 6.24. The highest BCUT2D eigenvalue weighted by molar-refractivity contribution is 7.51. The number of nitrogens with zero attached hydrogens (tertiary/aromatic N) is 1. The minimum absolute atomic E-state index is 0.316. The molecule has 0 spiro atoms. The van der Waals surface area contributed by atoms with Crippen LogP contribution in [0, 0.1) is 0 Å². The highest BCUT2D eigenvalue weighted by atomic mass is 35.5. The van der Waals surface area contributed by atoms with Crippen molar-refractivity contribution in [2.45, 2.75) is 6.16 Å². The third-order valence-corrected chi connectivity index (χ3v) is 3.91. The van der Waals surface area contributed by atoms with E-state index in [1.807, 2.05) is 0 Å². The van der Waals surface area contributed by atoms with Gasteiger partial charge in [0.25, 0.3) is 0 Å². The number of halogens is 1. The Morgan fingerprint density at radius 1 is 1.47 bits per heavy atom. The summed E-state index contributed by atoms with van der Waals surface area (Å²) in [5, 5.41) is 1.02. The summed E-state index contributed by atoms with van der Waals surface area (Å²) in [5.74, 6) is 0. The molecule has 1 aromatic carbocycles. The Kier molecular flexibility index (Phi) is 2.83. The van der Waals surface area contributed by atoms with Crippen molar-refractivity contribution in [3.8, 4) is 0 Å². The smallest absolute Gasteiger partial charge is 0.324 e. The van der Waals surface area contributed by atoms with Gasteiger partial charge in [0.15, 0.2) is 0 Å². The van der Waals surface area contributed by atoms with Crippen LogP contribution >= 0.6 is 30.5 Å². The molecule has 4 nitrogen and oxygen atoms in total. The number of benzene rings is 1. The predicted molar refractivity (Wildman–Crippen MR) is 60.4 cm³/mol. The lowest BCUT2D eigenvalue weighted by atomic mass is 10.3. The second-order valence-electron chi connectivity index (χ2n) is 3.04. The van der Waals surface area contributed by atoms with E-state index in [2.05, 4.69) is 4.98 Å². The van der Waals surface area contributed by atoms with Crippen molar-refractivity contribution < 1.29 is 14.4 Å². The van der Waals surface area contributed by atoms with Gasteiger partial charge >= 0.3 is 7.60 Å². The van der Waals surface area contributed by atoms with E-state index in [9.17, 15) is 4.57 Å². The third kappa shape index (κ3) is 2.77. The van der Waals surface area contributed by atoms with Crippen LogP contribution in [0.3, 0.4) is 0 Å². The number of rotatable bonds is 2. The van der Waals surface area contributed by atoms with Crippen LogP contribution in [0.15, 0.2) is 18.2 Å². The van der Waals surface area contributed by atoms with Crippen LogP contribution in [0.25, 0.3) is 10.2 Å². The average Bonchev–Trinajstić information content (AvgIpc) is 2.42. The van der Waals surface area contributed by atoms with Crippen LogP contribution in [-0.4, -0.2) is 14.8 Å². The van der Waals surface area contributed by atoms with E-state index < -0.39 is 7.60 Å². The highest BCUT2D eigenvalue weighted by Crippen LogP contribution is 2.41. The molecule has 0 fully saturated rings. The van der Waals surface area contributed by atoms with Crippen LogP contribution in [-0.2, 0) is 10.7 Å². The lowest BCUT2D eigenvalue weighted by Gasteiger charge is -1.97. The Morgan fingerprint density at radius 2 is 2.20 bits per heavy atom. The van der Waals surface area contributed by atoms with E-state index in [-0.39, 0.29) is 6.16 Å². The number of hydrogen-bond acceptors (Lipinski definition) is 3. The molecule has 0 radical (unpaired) electrons. The zero-order chi connectivity index (χ0) is 11.1. The first-order valence-electron chi connectivity index (χ1n) is 4.03. The molecule has 0 saturated heterocycles. The maximum absolute atomic E-state index is 10.8. The maximum atomic E-state index is 10.8. The highest BCUT2D eigenvalue weighted by Gasteiger charge is 2.17. The Morgan fingerprint density at radius 3 is 2.87 bits per heavy atom. The Balaban J connectivity index is 2.43. The summed E-state index contributed by atoms with van der Waals surface area (Å²) in [6.07, 6.45) is -0.316. The van der Waals surface area contributed by atoms with Crippen molar-refractivity contribution in [3.05, 3.63) is 28.2 Å². The molecule has 0 unspecified atom stereocenters. The Labute approximate surface area is 94.7 Å². The number of fused-ring (bicyclic) bond motifs is 1. The topological polar surface area (TPSA) is 70.4 Å². The van der Waals surface area contributed by atoms with E-state index in [0.29, 0.717) is 15.5 Å². The van der Waals surface area contributed by atoms with Gasteiger partial charge in [-0.05, 0) is 18.2 Å². The second kappa shape index (κ2) is 3.85. The first-order valence-corrected chi connectivity index (χ1v) is 7.03. The fraction of sp³-hybridized carbons (Fsp3) is 0.125. The molecular formula is C8H7ClNO3PS. The molecule has 1 heterocycles. The summed E-state index contributed by atoms with van der Waals surface area (Å²) in [6.45, 7) is 0. The number of aromatic nitrogens is 1. The summed E-state index contributed by atoms with van der Waals surface area (Å²) < 4.78 is 11.6. The van der Waals surface area contributed by atoms with Gasteiger partial charge in [-0.2, -0.15) is 0 Å². The molecule has 0 aliphatic carbocycles. The van der Waals surface area contributed by atoms with E-state index in [1.165, 1.54) is 11.3 Å². The molecule has 0 bridgehead atoms. The predicted octanol–water partition coefficient (Wildman–Crippen LogP) is 2.63. The zero-order valence-electron chi connectivity index (χ0n) is 7.42. The SMILES string of the molecule is O=P(O)(O)Cc1nc2ccc(Cl)cc2s1. The monoisotopic (exact) mass is 263 g/mol. The van der Waals surface area contributed by atoms with E-state index in [4.69, 9.17) is 21.4 Å². The van der Waals surface area contributed by atoms with Crippen molar-refractivity contribution in [2.75, 3.05) is 0 Å². The van der Waals surface area contributed by atoms with Gasteiger partial charge in [-0.1, -0.05) is 11.6 Å². The van der Waals surface area contributed by atoms with Gasteiger partial charge in [0, 0.05) is 5.02 Å². The molecule has 2 aromatic rings. The molecule has 80 valence electrons. The van der Waals surface area contributed by atoms with Gasteiger partial charge < -0.3 is 9.79 Å². The molecule has 0 aliphatic heterocycles. The fourth-order valence-electron chi connectivity index (χ4n) is 1.19. The summed E-state index contributed by atoms with van der Waals surface area (Å²) in [5.41, 5.74) is 0.716. The zero-order valence-corrected chi connectivity index (χ0v) is 9.89. The minimum Gasteiger partial charge on any atom is -0.324 e. The lowest BCUT2D eigenvalue weighted by Crippen LogP contribution is -1.84. The first-order chi connectivity index (χ1) is 6.94. The molecular weight excluding hydrogens is 257 g/mol. The average molecular weight is 264 g/mol. The number of thiazole rings is 1. The quantitative estimate of drug-likeness (QED) is 0.817. The van der Waals surface area contributed by atoms with Gasteiger partial charge in [0.1, 0.15) is 11.2 Å². The van der Waals surface area contributed by atoms with Crippen LogP contribution in [0.4, 0.5) is 0 Å². The Hall–Kier alpha value is -0.450. The van der Waals surface area contributed by atoms with Crippen molar-refractivity contribution in [1.29, 1.82) is 0 Å². The first kappa shape index (κ1) is 11.0. The Bertz CT molecular complexity index is 550. The van der Waals surface area contributed by atoms with Gasteiger partial charge in [-0.3, -0.25) is 4.57 Å². The summed E-state index contributed by atoms with van der Waals surface area (Å²) >= 11 is 7.04. The van der Waals surface area contributed by atoms with Crippen LogP contribution in [0.2, 0.25) is 5.02 Å². The molecule has 0 aliphatic rings. The maximum Gasteiger partial charge on any atom is 0.332 e. The summed E-state index contributed by atoms with van der Waals surface area (Å²) in [6, 6.07) is 5.17. The molecule has 7 heteroatoms. The molecule has 2 N–H and O–H groups in total. The fourth-order valence-corrected chi connectivity index (χ4v) is 3.41. The molecule has 0 atom stereocenters. The third-order valence-electron chi connectivity index (χ3n) is 1.74. The molecule has 2 rings (SSSR count). The molecule has 1 aromatic heterocycles.